The van der Waals surface area contributed by atoms with Crippen molar-refractivity contribution in [1.82, 2.24) is 9.03 Å². The van der Waals surface area contributed by atoms with E-state index in [0.29, 0.717) is 10.7 Å². The average molecular weight is 278 g/mol. The summed E-state index contributed by atoms with van der Waals surface area (Å²) in [4.78, 5) is 11.8. The third-order valence-corrected chi connectivity index (χ3v) is 3.32. The highest BCUT2D eigenvalue weighted by Gasteiger charge is 2.30. The molecule has 0 aliphatic carbocycles. The molecule has 0 unspecified atom stereocenters. The Labute approximate surface area is 109 Å². The smallest absolute Gasteiger partial charge is 0.425 e. The molecular formula is C11H22N2O4S. The summed E-state index contributed by atoms with van der Waals surface area (Å²) in [5.74, 6) is 0. The lowest BCUT2D eigenvalue weighted by atomic mass is 10.2. The van der Waals surface area contributed by atoms with Crippen LogP contribution in [0.25, 0.3) is 0 Å². The number of nitrogens with zero attached hydrogens (tertiary/aromatic N) is 1. The molecule has 0 saturated heterocycles. The van der Waals surface area contributed by atoms with Gasteiger partial charge in [0.05, 0.1) is 0 Å². The summed E-state index contributed by atoms with van der Waals surface area (Å²) in [6.07, 6.45) is 1.02. The number of rotatable bonds is 6. The Hall–Kier alpha value is -1.08. The van der Waals surface area contributed by atoms with Crippen LogP contribution >= 0.6 is 0 Å². The first-order valence-electron chi connectivity index (χ1n) is 5.75. The van der Waals surface area contributed by atoms with Gasteiger partial charge >= 0.3 is 16.3 Å². The monoisotopic (exact) mass is 278 g/mol. The Morgan fingerprint density at radius 2 is 2.00 bits per heavy atom. The Kier molecular flexibility index (Phi) is 6.34. The summed E-state index contributed by atoms with van der Waals surface area (Å²) in [6, 6.07) is 0. The van der Waals surface area contributed by atoms with Gasteiger partial charge < -0.3 is 4.74 Å². The minimum absolute atomic E-state index is 0.00769. The zero-order valence-electron chi connectivity index (χ0n) is 11.4. The van der Waals surface area contributed by atoms with Gasteiger partial charge in [0.15, 0.2) is 0 Å². The molecule has 0 aromatic heterocycles. The van der Waals surface area contributed by atoms with Crippen molar-refractivity contribution in [1.29, 1.82) is 0 Å². The van der Waals surface area contributed by atoms with Gasteiger partial charge in [0.1, 0.15) is 5.60 Å². The second kappa shape index (κ2) is 6.75. The van der Waals surface area contributed by atoms with Gasteiger partial charge in [-0.25, -0.2) is 4.79 Å². The molecule has 18 heavy (non-hydrogen) atoms. The lowest BCUT2D eigenvalue weighted by Gasteiger charge is -2.26. The maximum absolute atomic E-state index is 11.8. The van der Waals surface area contributed by atoms with Crippen LogP contribution in [0.2, 0.25) is 0 Å². The lowest BCUT2D eigenvalue weighted by molar-refractivity contribution is 0.0391. The number of hydrogen-bond acceptors (Lipinski definition) is 4. The molecule has 7 heteroatoms. The molecular weight excluding hydrogens is 256 g/mol. The molecule has 0 aliphatic rings. The highest BCUT2D eigenvalue weighted by molar-refractivity contribution is 7.87. The van der Waals surface area contributed by atoms with E-state index in [1.165, 1.54) is 0 Å². The molecule has 0 heterocycles. The highest BCUT2D eigenvalue weighted by atomic mass is 32.2. The summed E-state index contributed by atoms with van der Waals surface area (Å²) in [6.45, 7) is 10.4. The van der Waals surface area contributed by atoms with E-state index in [-0.39, 0.29) is 13.1 Å². The molecule has 0 aliphatic heterocycles. The van der Waals surface area contributed by atoms with Crippen LogP contribution in [0.5, 0.6) is 0 Å². The van der Waals surface area contributed by atoms with Crippen molar-refractivity contribution in [2.24, 2.45) is 0 Å². The third-order valence-electron chi connectivity index (χ3n) is 1.75. The highest BCUT2D eigenvalue weighted by Crippen LogP contribution is 2.12. The molecule has 0 saturated carbocycles. The van der Waals surface area contributed by atoms with E-state index >= 15 is 0 Å². The van der Waals surface area contributed by atoms with E-state index in [9.17, 15) is 13.2 Å². The van der Waals surface area contributed by atoms with E-state index in [1.807, 2.05) is 0 Å². The summed E-state index contributed by atoms with van der Waals surface area (Å²) < 4.78 is 31.7. The summed E-state index contributed by atoms with van der Waals surface area (Å²) in [5, 5.41) is 0. The van der Waals surface area contributed by atoms with Crippen LogP contribution in [0.1, 0.15) is 34.1 Å². The summed E-state index contributed by atoms with van der Waals surface area (Å²) in [5.41, 5.74) is -0.745. The number of ether oxygens (including phenoxy) is 1. The topological polar surface area (TPSA) is 75.7 Å². The van der Waals surface area contributed by atoms with Crippen LogP contribution in [0.3, 0.4) is 0 Å². The Morgan fingerprint density at radius 3 is 2.39 bits per heavy atom. The van der Waals surface area contributed by atoms with Gasteiger partial charge in [-0.05, 0) is 27.2 Å². The Balaban J connectivity index is 4.99. The number of nitrogens with one attached hydrogen (secondary N) is 1. The molecule has 0 bridgehead atoms. The molecule has 0 aromatic rings. The van der Waals surface area contributed by atoms with Crippen molar-refractivity contribution in [3.63, 3.8) is 0 Å². The maximum atomic E-state index is 11.8. The van der Waals surface area contributed by atoms with Gasteiger partial charge in [-0.2, -0.15) is 17.4 Å². The van der Waals surface area contributed by atoms with E-state index in [1.54, 1.807) is 33.8 Å². The first-order valence-corrected chi connectivity index (χ1v) is 7.19. The Bertz CT molecular complexity index is 384. The van der Waals surface area contributed by atoms with Gasteiger partial charge in [0.2, 0.25) is 0 Å². The summed E-state index contributed by atoms with van der Waals surface area (Å²) >= 11 is 0. The minimum atomic E-state index is -3.86. The molecule has 0 rings (SSSR count). The maximum Gasteiger partial charge on any atom is 0.425 e. The zero-order valence-corrected chi connectivity index (χ0v) is 12.2. The molecule has 6 nitrogen and oxygen atoms in total. The zero-order chi connectivity index (χ0) is 14.4. The van der Waals surface area contributed by atoms with E-state index in [0.717, 1.165) is 0 Å². The molecule has 106 valence electrons. The van der Waals surface area contributed by atoms with Crippen LogP contribution < -0.4 is 4.72 Å². The minimum Gasteiger partial charge on any atom is -0.443 e. The van der Waals surface area contributed by atoms with Crippen molar-refractivity contribution in [2.45, 2.75) is 39.7 Å². The van der Waals surface area contributed by atoms with Crippen molar-refractivity contribution < 1.29 is 17.9 Å². The van der Waals surface area contributed by atoms with Gasteiger partial charge in [-0.3, -0.25) is 0 Å². The van der Waals surface area contributed by atoms with Crippen molar-refractivity contribution in [3.8, 4) is 0 Å². The van der Waals surface area contributed by atoms with Crippen molar-refractivity contribution >= 4 is 16.3 Å². The number of hydrogen-bond donors (Lipinski definition) is 1. The quantitative estimate of drug-likeness (QED) is 0.750. The van der Waals surface area contributed by atoms with Crippen LogP contribution in [-0.4, -0.2) is 37.5 Å². The molecule has 0 aromatic carbocycles. The van der Waals surface area contributed by atoms with Crippen molar-refractivity contribution in [3.05, 3.63) is 12.7 Å². The molecule has 0 atom stereocenters. The van der Waals surface area contributed by atoms with Crippen molar-refractivity contribution in [2.75, 3.05) is 13.1 Å². The third kappa shape index (κ3) is 6.02. The average Bonchev–Trinajstić information content (AvgIpc) is 2.14. The van der Waals surface area contributed by atoms with E-state index in [4.69, 9.17) is 4.74 Å². The first kappa shape index (κ1) is 16.9. The van der Waals surface area contributed by atoms with Gasteiger partial charge in [0, 0.05) is 13.1 Å². The van der Waals surface area contributed by atoms with Crippen LogP contribution in [0.4, 0.5) is 4.79 Å². The van der Waals surface area contributed by atoms with Crippen LogP contribution in [-0.2, 0) is 14.9 Å². The number of carbonyl (C=O) groups is 1. The summed E-state index contributed by atoms with van der Waals surface area (Å²) in [7, 11) is -3.86. The van der Waals surface area contributed by atoms with Gasteiger partial charge in [0.25, 0.3) is 0 Å². The van der Waals surface area contributed by atoms with Gasteiger partial charge in [-0.15, -0.1) is 6.58 Å². The molecule has 0 fully saturated rings. The molecule has 1 N–H and O–H groups in total. The second-order valence-corrected chi connectivity index (χ2v) is 6.31. The molecule has 0 spiro atoms. The van der Waals surface area contributed by atoms with E-state index in [2.05, 4.69) is 11.3 Å². The predicted molar refractivity (Wildman–Crippen MR) is 70.4 cm³/mol. The Morgan fingerprint density at radius 1 is 1.44 bits per heavy atom. The second-order valence-electron chi connectivity index (χ2n) is 4.63. The number of carbonyl (C=O) groups excluding carboxylic acids is 1. The normalized spacial score (nSPS) is 12.0. The predicted octanol–water partition coefficient (Wildman–Crippen LogP) is 1.65. The standard InChI is InChI=1S/C11H22N2O4S/c1-6-8-9-13(18(15,16)12-7-2)10(14)17-11(3,4)5/h6,12H,1,7-9H2,2-5H3. The van der Waals surface area contributed by atoms with E-state index < -0.39 is 21.9 Å². The fourth-order valence-electron chi connectivity index (χ4n) is 1.09. The fraction of sp³-hybridized carbons (Fsp3) is 0.727. The molecule has 1 amide bonds. The largest absolute Gasteiger partial charge is 0.443 e. The lowest BCUT2D eigenvalue weighted by Crippen LogP contribution is -2.46. The van der Waals surface area contributed by atoms with Gasteiger partial charge in [-0.1, -0.05) is 13.0 Å². The first-order chi connectivity index (χ1) is 8.14. The fourth-order valence-corrected chi connectivity index (χ4v) is 2.19. The number of amides is 1. The SMILES string of the molecule is C=CCCN(C(=O)OC(C)(C)C)S(=O)(=O)NCC. The molecule has 0 radical (unpaired) electrons. The van der Waals surface area contributed by atoms with Crippen LogP contribution in [0.15, 0.2) is 12.7 Å². The van der Waals surface area contributed by atoms with Crippen LogP contribution in [0, 0.1) is 0 Å².